The van der Waals surface area contributed by atoms with Crippen LogP contribution in [0.3, 0.4) is 0 Å². The monoisotopic (exact) mass is 375 g/mol. The molecule has 1 atom stereocenters. The van der Waals surface area contributed by atoms with Gasteiger partial charge in [0.05, 0.1) is 11.5 Å². The fourth-order valence-electron chi connectivity index (χ4n) is 3.78. The molecule has 1 aromatic carbocycles. The van der Waals surface area contributed by atoms with Gasteiger partial charge in [0.2, 0.25) is 0 Å². The number of carboxylic acid groups (broad SMARTS) is 1. The maximum absolute atomic E-state index is 13.2. The molecule has 3 rings (SSSR count). The van der Waals surface area contributed by atoms with Gasteiger partial charge in [-0.3, -0.25) is 9.69 Å². The Morgan fingerprint density at radius 2 is 1.96 bits per heavy atom. The zero-order chi connectivity index (χ0) is 17.5. The third-order valence-corrected chi connectivity index (χ3v) is 7.19. The number of hydrogen-bond acceptors (Lipinski definition) is 4. The zero-order valence-electron chi connectivity index (χ0n) is 13.0. The minimum absolute atomic E-state index is 0.0922. The summed E-state index contributed by atoms with van der Waals surface area (Å²) in [6.45, 7) is 1.08. The molecule has 0 radical (unpaired) electrons. The molecule has 8 heteroatoms. The molecular weight excluding hydrogens is 357 g/mol. The van der Waals surface area contributed by atoms with Crippen molar-refractivity contribution in [2.75, 3.05) is 24.6 Å². The summed E-state index contributed by atoms with van der Waals surface area (Å²) in [6.07, 6.45) is 1.90. The van der Waals surface area contributed by atoms with Crippen molar-refractivity contribution in [3.8, 4) is 0 Å². The second kappa shape index (κ2) is 6.28. The molecule has 0 bridgehead atoms. The van der Waals surface area contributed by atoms with Crippen molar-refractivity contribution in [1.82, 2.24) is 4.90 Å². The molecule has 2 fully saturated rings. The van der Waals surface area contributed by atoms with E-state index in [-0.39, 0.29) is 21.9 Å². The topological polar surface area (TPSA) is 74.7 Å². The highest BCUT2D eigenvalue weighted by atomic mass is 35.5. The molecule has 0 saturated carbocycles. The number of hydrogen-bond donors (Lipinski definition) is 1. The lowest BCUT2D eigenvalue weighted by Gasteiger charge is -2.34. The van der Waals surface area contributed by atoms with E-state index in [9.17, 15) is 22.7 Å². The van der Waals surface area contributed by atoms with E-state index in [1.165, 1.54) is 12.1 Å². The Hall–Kier alpha value is -1.18. The van der Waals surface area contributed by atoms with Gasteiger partial charge in [-0.25, -0.2) is 12.8 Å². The molecule has 1 aromatic rings. The molecule has 5 nitrogen and oxygen atoms in total. The molecule has 1 spiro atoms. The van der Waals surface area contributed by atoms with Crippen LogP contribution >= 0.6 is 11.6 Å². The largest absolute Gasteiger partial charge is 0.480 e. The first-order chi connectivity index (χ1) is 11.2. The smallest absolute Gasteiger partial charge is 0.325 e. The number of halogens is 2. The lowest BCUT2D eigenvalue weighted by Crippen LogP contribution is -2.38. The van der Waals surface area contributed by atoms with Crippen LogP contribution in [0, 0.1) is 11.2 Å². The number of rotatable bonds is 3. The minimum atomic E-state index is -2.96. The Morgan fingerprint density at radius 3 is 2.54 bits per heavy atom. The number of benzene rings is 1. The van der Waals surface area contributed by atoms with E-state index in [4.69, 9.17) is 11.6 Å². The molecule has 2 saturated heterocycles. The Bertz CT molecular complexity index is 753. The first-order valence-electron chi connectivity index (χ1n) is 7.84. The number of nitrogens with zero attached hydrogens (tertiary/aromatic N) is 1. The van der Waals surface area contributed by atoms with Gasteiger partial charge in [0.15, 0.2) is 0 Å². The normalized spacial score (nSPS) is 24.1. The summed E-state index contributed by atoms with van der Waals surface area (Å²) < 4.78 is 36.5. The molecule has 2 aliphatic heterocycles. The molecule has 0 aliphatic carbocycles. The van der Waals surface area contributed by atoms with Crippen LogP contribution in [0.2, 0.25) is 5.02 Å². The summed E-state index contributed by atoms with van der Waals surface area (Å²) in [6, 6.07) is 2.78. The van der Waals surface area contributed by atoms with Crippen LogP contribution in [0.25, 0.3) is 0 Å². The lowest BCUT2D eigenvalue weighted by molar-refractivity contribution is -0.143. The molecule has 0 amide bonds. The van der Waals surface area contributed by atoms with Gasteiger partial charge in [0.1, 0.15) is 21.7 Å². The van der Waals surface area contributed by atoms with Crippen LogP contribution in [-0.4, -0.2) is 49.0 Å². The second-order valence-electron chi connectivity index (χ2n) is 6.78. The highest BCUT2D eigenvalue weighted by Crippen LogP contribution is 2.44. The molecule has 0 aromatic heterocycles. The quantitative estimate of drug-likeness (QED) is 0.878. The fraction of sp³-hybridized carbons (Fsp3) is 0.562. The summed E-state index contributed by atoms with van der Waals surface area (Å²) >= 11 is 6.05. The predicted molar refractivity (Wildman–Crippen MR) is 88.3 cm³/mol. The number of likely N-dealkylation sites (tertiary alicyclic amines) is 1. The van der Waals surface area contributed by atoms with Crippen molar-refractivity contribution < 1.29 is 22.7 Å². The zero-order valence-corrected chi connectivity index (χ0v) is 14.6. The third kappa shape index (κ3) is 3.43. The van der Waals surface area contributed by atoms with Gasteiger partial charge >= 0.3 is 5.97 Å². The van der Waals surface area contributed by atoms with E-state index in [1.807, 2.05) is 4.90 Å². The van der Waals surface area contributed by atoms with Crippen molar-refractivity contribution in [2.45, 2.75) is 25.3 Å². The summed E-state index contributed by atoms with van der Waals surface area (Å²) in [5.74, 6) is -1.22. The van der Waals surface area contributed by atoms with E-state index >= 15 is 0 Å². The number of aliphatic carboxylic acids is 1. The Morgan fingerprint density at radius 1 is 1.29 bits per heavy atom. The highest BCUT2D eigenvalue weighted by Gasteiger charge is 2.45. The van der Waals surface area contributed by atoms with E-state index in [0.29, 0.717) is 31.5 Å². The summed E-state index contributed by atoms with van der Waals surface area (Å²) in [5.41, 5.74) is 0.219. The maximum Gasteiger partial charge on any atom is 0.325 e. The lowest BCUT2D eigenvalue weighted by atomic mass is 9.81. The van der Waals surface area contributed by atoms with Crippen LogP contribution in [0.1, 0.15) is 30.9 Å². The second-order valence-corrected chi connectivity index (χ2v) is 9.49. The van der Waals surface area contributed by atoms with Crippen molar-refractivity contribution >= 4 is 27.4 Å². The van der Waals surface area contributed by atoms with Crippen LogP contribution in [0.5, 0.6) is 0 Å². The molecule has 24 heavy (non-hydrogen) atoms. The van der Waals surface area contributed by atoms with Crippen LogP contribution in [0.15, 0.2) is 18.2 Å². The van der Waals surface area contributed by atoms with Gasteiger partial charge in [0.25, 0.3) is 0 Å². The minimum Gasteiger partial charge on any atom is -0.480 e. The van der Waals surface area contributed by atoms with E-state index in [0.717, 1.165) is 12.5 Å². The van der Waals surface area contributed by atoms with Crippen LogP contribution < -0.4 is 0 Å². The first kappa shape index (κ1) is 17.6. The molecule has 2 heterocycles. The average Bonchev–Trinajstić information content (AvgIpc) is 2.89. The molecule has 1 N–H and O–H groups in total. The van der Waals surface area contributed by atoms with Crippen molar-refractivity contribution in [1.29, 1.82) is 0 Å². The van der Waals surface area contributed by atoms with Gasteiger partial charge in [0, 0.05) is 11.6 Å². The Kier molecular flexibility index (Phi) is 4.61. The summed E-state index contributed by atoms with van der Waals surface area (Å²) in [4.78, 5) is 13.6. The predicted octanol–water partition coefficient (Wildman–Crippen LogP) is 2.51. The van der Waals surface area contributed by atoms with Gasteiger partial charge < -0.3 is 5.11 Å². The summed E-state index contributed by atoms with van der Waals surface area (Å²) in [7, 11) is -2.96. The Labute approximate surface area is 145 Å². The van der Waals surface area contributed by atoms with Gasteiger partial charge in [-0.1, -0.05) is 17.7 Å². The van der Waals surface area contributed by atoms with Crippen LogP contribution in [-0.2, 0) is 14.6 Å². The first-order valence-corrected chi connectivity index (χ1v) is 10.0. The van der Waals surface area contributed by atoms with E-state index in [2.05, 4.69) is 0 Å². The van der Waals surface area contributed by atoms with E-state index < -0.39 is 27.7 Å². The SMILES string of the molecule is O=C(O)C(c1ccc(F)cc1Cl)N1CCC2(CCS(=O)(=O)CC2)C1. The van der Waals surface area contributed by atoms with Gasteiger partial charge in [-0.05, 0) is 48.9 Å². The van der Waals surface area contributed by atoms with Crippen LogP contribution in [0.4, 0.5) is 4.39 Å². The molecular formula is C16H19ClFNO4S. The number of sulfone groups is 1. The van der Waals surface area contributed by atoms with Gasteiger partial charge in [-0.15, -0.1) is 0 Å². The standard InChI is InChI=1S/C16H19ClFNO4S/c17-13-9-11(18)1-2-12(13)14(15(20)21)19-6-3-16(10-19)4-7-24(22,23)8-5-16/h1-2,9,14H,3-8,10H2,(H,20,21). The number of carbonyl (C=O) groups is 1. The number of carboxylic acids is 1. The van der Waals surface area contributed by atoms with Crippen molar-refractivity contribution in [2.24, 2.45) is 5.41 Å². The van der Waals surface area contributed by atoms with E-state index in [1.54, 1.807) is 0 Å². The molecule has 2 aliphatic rings. The highest BCUT2D eigenvalue weighted by molar-refractivity contribution is 7.91. The van der Waals surface area contributed by atoms with Crippen molar-refractivity contribution in [3.05, 3.63) is 34.6 Å². The molecule has 1 unspecified atom stereocenters. The summed E-state index contributed by atoms with van der Waals surface area (Å²) in [5, 5.41) is 9.75. The fourth-order valence-corrected chi connectivity index (χ4v) is 5.74. The Balaban J connectivity index is 1.83. The van der Waals surface area contributed by atoms with Crippen molar-refractivity contribution in [3.63, 3.8) is 0 Å². The molecule has 132 valence electrons. The van der Waals surface area contributed by atoms with Gasteiger partial charge in [-0.2, -0.15) is 0 Å². The third-order valence-electron chi connectivity index (χ3n) is 5.21. The maximum atomic E-state index is 13.2. The average molecular weight is 376 g/mol.